The van der Waals surface area contributed by atoms with Crippen molar-refractivity contribution in [2.24, 2.45) is 0 Å². The van der Waals surface area contributed by atoms with E-state index in [0.29, 0.717) is 15.6 Å². The number of rotatable bonds is 5. The summed E-state index contributed by atoms with van der Waals surface area (Å²) in [6.45, 7) is 6.00. The Morgan fingerprint density at radius 1 is 1.09 bits per heavy atom. The minimum absolute atomic E-state index is 0.0132. The zero-order valence-corrected chi connectivity index (χ0v) is 19.2. The first-order valence-corrected chi connectivity index (χ1v) is 11.2. The van der Waals surface area contributed by atoms with E-state index in [0.717, 1.165) is 39.6 Å². The predicted octanol–water partition coefficient (Wildman–Crippen LogP) is 2.62. The number of fused-ring (bicyclic) bond motifs is 6. The Hall–Kier alpha value is -3.25. The fourth-order valence-electron chi connectivity index (χ4n) is 3.87. The third-order valence-corrected chi connectivity index (χ3v) is 6.64. The third-order valence-electron chi connectivity index (χ3n) is 5.26. The number of aryl methyl sites for hydroxylation is 3. The SMILES string of the molecule is Cc1cc2n(n1)c1cc(C)nn1c1c(C=C3SC(=S)N(CCCC(=O)O)C3=O)c(C)nn21. The number of thioether (sulfide) groups is 1. The molecule has 32 heavy (non-hydrogen) atoms. The van der Waals surface area contributed by atoms with Crippen LogP contribution in [0.15, 0.2) is 17.0 Å². The van der Waals surface area contributed by atoms with Crippen molar-refractivity contribution in [2.75, 3.05) is 6.54 Å². The Morgan fingerprint density at radius 2 is 1.72 bits per heavy atom. The molecule has 0 radical (unpaired) electrons. The lowest BCUT2D eigenvalue weighted by atomic mass is 10.2. The molecule has 0 spiro atoms. The van der Waals surface area contributed by atoms with Crippen LogP contribution < -0.4 is 0 Å². The van der Waals surface area contributed by atoms with Crippen molar-refractivity contribution in [3.63, 3.8) is 0 Å². The standard InChI is InChI=1S/C20H19N7O3S2/c1-10-7-16-25(21-10)15-8-11(2)22-26(15)18-13(12(3)23-27(16)18)9-14-19(30)24(20(31)32-14)6-4-5-17(28)29/h7-9H,4-6H2,1-3H3,(H,28,29). The van der Waals surface area contributed by atoms with Crippen molar-refractivity contribution < 1.29 is 14.7 Å². The number of carboxylic acid groups (broad SMARTS) is 1. The Balaban J connectivity index is 1.65. The van der Waals surface area contributed by atoms with E-state index in [1.165, 1.54) is 16.7 Å². The van der Waals surface area contributed by atoms with Crippen molar-refractivity contribution in [1.82, 2.24) is 33.7 Å². The number of amides is 1. The number of carbonyl (C=O) groups excluding carboxylic acids is 1. The number of aromatic nitrogens is 6. The van der Waals surface area contributed by atoms with Crippen LogP contribution in [-0.2, 0) is 9.59 Å². The summed E-state index contributed by atoms with van der Waals surface area (Å²) in [6, 6.07) is 3.90. The van der Waals surface area contributed by atoms with Crippen LogP contribution in [0.2, 0.25) is 0 Å². The molecule has 1 aliphatic heterocycles. The van der Waals surface area contributed by atoms with E-state index in [1.807, 2.05) is 32.9 Å². The van der Waals surface area contributed by atoms with Crippen molar-refractivity contribution in [3.8, 4) is 0 Å². The van der Waals surface area contributed by atoms with Crippen LogP contribution in [0.1, 0.15) is 35.5 Å². The van der Waals surface area contributed by atoms with Gasteiger partial charge in [-0.15, -0.1) is 0 Å². The molecule has 12 heteroatoms. The van der Waals surface area contributed by atoms with Gasteiger partial charge in [0.25, 0.3) is 5.91 Å². The summed E-state index contributed by atoms with van der Waals surface area (Å²) >= 11 is 6.59. The van der Waals surface area contributed by atoms with Gasteiger partial charge in [0.15, 0.2) is 16.9 Å². The lowest BCUT2D eigenvalue weighted by Crippen LogP contribution is -2.29. The van der Waals surface area contributed by atoms with Crippen LogP contribution in [0.4, 0.5) is 0 Å². The smallest absolute Gasteiger partial charge is 0.303 e. The van der Waals surface area contributed by atoms with Crippen molar-refractivity contribution >= 4 is 63.2 Å². The maximum Gasteiger partial charge on any atom is 0.303 e. The monoisotopic (exact) mass is 469 g/mol. The third kappa shape index (κ3) is 3.17. The molecule has 1 fully saturated rings. The van der Waals surface area contributed by atoms with Crippen molar-refractivity contribution in [3.05, 3.63) is 39.7 Å². The van der Waals surface area contributed by atoms with Gasteiger partial charge in [0.05, 0.1) is 22.0 Å². The molecule has 0 atom stereocenters. The summed E-state index contributed by atoms with van der Waals surface area (Å²) in [5.41, 5.74) is 5.53. The molecule has 1 aliphatic rings. The van der Waals surface area contributed by atoms with E-state index in [2.05, 4.69) is 10.2 Å². The van der Waals surface area contributed by atoms with Gasteiger partial charge < -0.3 is 5.11 Å². The van der Waals surface area contributed by atoms with Crippen LogP contribution in [-0.4, -0.2) is 61.6 Å². The Morgan fingerprint density at radius 3 is 2.38 bits per heavy atom. The van der Waals surface area contributed by atoms with Crippen LogP contribution in [0.5, 0.6) is 0 Å². The first-order chi connectivity index (χ1) is 15.2. The van der Waals surface area contributed by atoms with Crippen LogP contribution in [0.25, 0.3) is 23.0 Å². The van der Waals surface area contributed by atoms with Gasteiger partial charge in [-0.1, -0.05) is 24.0 Å². The van der Waals surface area contributed by atoms with E-state index in [9.17, 15) is 9.59 Å². The van der Waals surface area contributed by atoms with Crippen LogP contribution in [0, 0.1) is 20.8 Å². The normalized spacial score (nSPS) is 16.0. The number of carboxylic acids is 1. The molecule has 164 valence electrons. The molecule has 0 bridgehead atoms. The van der Waals surface area contributed by atoms with Gasteiger partial charge in [0.1, 0.15) is 4.32 Å². The van der Waals surface area contributed by atoms with Gasteiger partial charge in [-0.25, -0.2) is 0 Å². The number of hydrogen-bond acceptors (Lipinski definition) is 7. The second kappa shape index (κ2) is 7.41. The van der Waals surface area contributed by atoms with Crippen LogP contribution in [0.3, 0.4) is 0 Å². The lowest BCUT2D eigenvalue weighted by molar-refractivity contribution is -0.137. The van der Waals surface area contributed by atoms with E-state index >= 15 is 0 Å². The zero-order chi connectivity index (χ0) is 22.7. The first kappa shape index (κ1) is 20.6. The lowest BCUT2D eigenvalue weighted by Gasteiger charge is -2.13. The molecular weight excluding hydrogens is 450 g/mol. The van der Waals surface area contributed by atoms with Crippen molar-refractivity contribution in [2.45, 2.75) is 33.6 Å². The van der Waals surface area contributed by atoms with Gasteiger partial charge in [-0.2, -0.15) is 28.8 Å². The number of thiocarbonyl (C=S) groups is 1. The molecule has 5 heterocycles. The van der Waals surface area contributed by atoms with E-state index in [-0.39, 0.29) is 18.9 Å². The maximum atomic E-state index is 13.0. The van der Waals surface area contributed by atoms with Gasteiger partial charge in [-0.05, 0) is 33.3 Å². The summed E-state index contributed by atoms with van der Waals surface area (Å²) < 4.78 is 5.80. The Bertz CT molecular complexity index is 1460. The second-order valence-corrected chi connectivity index (χ2v) is 9.35. The molecule has 1 N–H and O–H groups in total. The van der Waals surface area contributed by atoms with E-state index < -0.39 is 5.97 Å². The minimum atomic E-state index is -0.895. The summed E-state index contributed by atoms with van der Waals surface area (Å²) in [6.07, 6.45) is 2.13. The molecule has 1 amide bonds. The molecule has 0 aliphatic carbocycles. The Kier molecular flexibility index (Phi) is 4.78. The molecule has 0 aromatic carbocycles. The molecule has 0 saturated carbocycles. The number of carbonyl (C=O) groups is 2. The average Bonchev–Trinajstić information content (AvgIpc) is 3.43. The quantitative estimate of drug-likeness (QED) is 0.351. The van der Waals surface area contributed by atoms with Gasteiger partial charge in [-0.3, -0.25) is 14.5 Å². The summed E-state index contributed by atoms with van der Waals surface area (Å²) in [7, 11) is 0. The summed E-state index contributed by atoms with van der Waals surface area (Å²) in [5.74, 6) is -1.12. The fourth-order valence-corrected chi connectivity index (χ4v) is 5.16. The van der Waals surface area contributed by atoms with Crippen LogP contribution >= 0.6 is 24.0 Å². The van der Waals surface area contributed by atoms with Gasteiger partial charge >= 0.3 is 5.97 Å². The maximum absolute atomic E-state index is 13.0. The average molecular weight is 470 g/mol. The summed E-state index contributed by atoms with van der Waals surface area (Å²) in [5, 5.41) is 22.8. The second-order valence-electron chi connectivity index (χ2n) is 7.68. The van der Waals surface area contributed by atoms with E-state index in [4.69, 9.17) is 22.4 Å². The number of aliphatic carboxylic acids is 1. The predicted molar refractivity (Wildman–Crippen MR) is 124 cm³/mol. The van der Waals surface area contributed by atoms with Crippen molar-refractivity contribution in [1.29, 1.82) is 0 Å². The fraction of sp³-hybridized carbons (Fsp3) is 0.300. The largest absolute Gasteiger partial charge is 0.481 e. The molecule has 5 rings (SSSR count). The highest BCUT2D eigenvalue weighted by atomic mass is 32.2. The summed E-state index contributed by atoms with van der Waals surface area (Å²) in [4.78, 5) is 25.7. The highest BCUT2D eigenvalue weighted by Gasteiger charge is 2.32. The Labute approximate surface area is 191 Å². The number of nitrogens with zero attached hydrogens (tertiary/aromatic N) is 7. The van der Waals surface area contributed by atoms with Gasteiger partial charge in [0, 0.05) is 30.7 Å². The molecule has 10 nitrogen and oxygen atoms in total. The minimum Gasteiger partial charge on any atom is -0.481 e. The highest BCUT2D eigenvalue weighted by molar-refractivity contribution is 8.26. The number of hydrogen-bond donors (Lipinski definition) is 1. The van der Waals surface area contributed by atoms with Gasteiger partial charge in [0.2, 0.25) is 0 Å². The highest BCUT2D eigenvalue weighted by Crippen LogP contribution is 2.34. The molecular formula is C20H19N7O3S2. The molecule has 4 aromatic heterocycles. The molecule has 0 unspecified atom stereocenters. The topological polar surface area (TPSA) is 110 Å². The zero-order valence-electron chi connectivity index (χ0n) is 17.6. The van der Waals surface area contributed by atoms with E-state index in [1.54, 1.807) is 19.6 Å². The first-order valence-electron chi connectivity index (χ1n) is 9.96. The molecule has 1 saturated heterocycles. The molecule has 4 aromatic rings.